The van der Waals surface area contributed by atoms with Crippen LogP contribution in [-0.2, 0) is 9.53 Å². The average Bonchev–Trinajstić information content (AvgIpc) is 2.65. The van der Waals surface area contributed by atoms with Gasteiger partial charge in [-0.05, 0) is 30.3 Å². The van der Waals surface area contributed by atoms with Gasteiger partial charge in [-0.2, -0.15) is 0 Å². The molecule has 0 radical (unpaired) electrons. The van der Waals surface area contributed by atoms with Crippen molar-refractivity contribution in [2.75, 3.05) is 25.0 Å². The first-order chi connectivity index (χ1) is 12.9. The summed E-state index contributed by atoms with van der Waals surface area (Å²) >= 11 is 11.7. The number of ether oxygens (including phenoxy) is 1. The summed E-state index contributed by atoms with van der Waals surface area (Å²) in [5.74, 6) is -1.23. The van der Waals surface area contributed by atoms with Gasteiger partial charge in [0.05, 0.1) is 15.5 Å². The molecule has 0 spiro atoms. The second-order valence-corrected chi connectivity index (χ2v) is 6.12. The highest BCUT2D eigenvalue weighted by molar-refractivity contribution is 6.35. The standard InChI is InChI=1S/C17H15Cl2N3O5/c18-11-1-6-15(19)14(9-11)17(24)27-10-16(23)21-8-7-20-12-2-4-13(5-3-12)22(25)26/h1-6,9,20H,7-8,10H2,(H,21,23). The highest BCUT2D eigenvalue weighted by Gasteiger charge is 2.14. The van der Waals surface area contributed by atoms with E-state index >= 15 is 0 Å². The number of carbonyl (C=O) groups is 2. The molecule has 0 unspecified atom stereocenters. The SMILES string of the molecule is O=C(COC(=O)c1cc(Cl)ccc1Cl)NCCNc1ccc([N+](=O)[O-])cc1. The fourth-order valence-corrected chi connectivity index (χ4v) is 2.39. The molecular weight excluding hydrogens is 397 g/mol. The van der Waals surface area contributed by atoms with Crippen LogP contribution < -0.4 is 10.6 Å². The van der Waals surface area contributed by atoms with Gasteiger partial charge in [0.15, 0.2) is 6.61 Å². The van der Waals surface area contributed by atoms with Crippen molar-refractivity contribution in [3.05, 3.63) is 68.2 Å². The molecule has 0 bridgehead atoms. The number of esters is 1. The Morgan fingerprint density at radius 1 is 1.07 bits per heavy atom. The van der Waals surface area contributed by atoms with Gasteiger partial charge in [0.25, 0.3) is 11.6 Å². The Labute approximate surface area is 164 Å². The van der Waals surface area contributed by atoms with Crippen molar-refractivity contribution in [2.45, 2.75) is 0 Å². The van der Waals surface area contributed by atoms with Crippen LogP contribution in [-0.4, -0.2) is 36.5 Å². The van der Waals surface area contributed by atoms with Crippen molar-refractivity contribution in [3.8, 4) is 0 Å². The van der Waals surface area contributed by atoms with Crippen LogP contribution in [0.4, 0.5) is 11.4 Å². The van der Waals surface area contributed by atoms with E-state index in [1.54, 1.807) is 12.1 Å². The number of nitrogens with zero attached hydrogens (tertiary/aromatic N) is 1. The molecule has 0 heterocycles. The van der Waals surface area contributed by atoms with Crippen LogP contribution in [0.2, 0.25) is 10.0 Å². The van der Waals surface area contributed by atoms with E-state index in [0.717, 1.165) is 0 Å². The number of nitro groups is 1. The Bertz CT molecular complexity index is 843. The number of non-ortho nitro benzene ring substituents is 1. The highest BCUT2D eigenvalue weighted by Crippen LogP contribution is 2.21. The molecule has 0 atom stereocenters. The Kier molecular flexibility index (Phi) is 7.39. The fraction of sp³-hybridized carbons (Fsp3) is 0.176. The third-order valence-electron chi connectivity index (χ3n) is 3.34. The Morgan fingerprint density at radius 3 is 2.44 bits per heavy atom. The first kappa shape index (κ1) is 20.5. The number of nitrogens with one attached hydrogen (secondary N) is 2. The van der Waals surface area contributed by atoms with Crippen LogP contribution in [0.1, 0.15) is 10.4 Å². The van der Waals surface area contributed by atoms with E-state index < -0.39 is 23.4 Å². The molecule has 0 aliphatic heterocycles. The van der Waals surface area contributed by atoms with Crippen molar-refractivity contribution in [2.24, 2.45) is 0 Å². The first-order valence-electron chi connectivity index (χ1n) is 7.74. The van der Waals surface area contributed by atoms with Gasteiger partial charge in [-0.25, -0.2) is 4.79 Å². The highest BCUT2D eigenvalue weighted by atomic mass is 35.5. The Balaban J connectivity index is 1.69. The third-order valence-corrected chi connectivity index (χ3v) is 3.90. The quantitative estimate of drug-likeness (QED) is 0.298. The van der Waals surface area contributed by atoms with E-state index in [4.69, 9.17) is 27.9 Å². The van der Waals surface area contributed by atoms with Crippen LogP contribution >= 0.6 is 23.2 Å². The molecular formula is C17H15Cl2N3O5. The second-order valence-electron chi connectivity index (χ2n) is 5.28. The van der Waals surface area contributed by atoms with Gasteiger partial charge in [-0.1, -0.05) is 23.2 Å². The normalized spacial score (nSPS) is 10.1. The molecule has 0 saturated heterocycles. The number of amides is 1. The number of hydrogen-bond donors (Lipinski definition) is 2. The number of nitro benzene ring substituents is 1. The van der Waals surface area contributed by atoms with Crippen molar-refractivity contribution < 1.29 is 19.2 Å². The van der Waals surface area contributed by atoms with Crippen molar-refractivity contribution in [1.29, 1.82) is 0 Å². The van der Waals surface area contributed by atoms with Crippen LogP contribution in [0, 0.1) is 10.1 Å². The molecule has 2 rings (SSSR count). The van der Waals surface area contributed by atoms with E-state index in [9.17, 15) is 19.7 Å². The molecule has 0 aromatic heterocycles. The summed E-state index contributed by atoms with van der Waals surface area (Å²) in [7, 11) is 0. The van der Waals surface area contributed by atoms with Gasteiger partial charge >= 0.3 is 5.97 Å². The number of carbonyl (C=O) groups excluding carboxylic acids is 2. The number of hydrogen-bond acceptors (Lipinski definition) is 6. The molecule has 2 aromatic rings. The number of benzene rings is 2. The van der Waals surface area contributed by atoms with Crippen molar-refractivity contribution in [3.63, 3.8) is 0 Å². The van der Waals surface area contributed by atoms with E-state index in [-0.39, 0.29) is 22.8 Å². The lowest BCUT2D eigenvalue weighted by Crippen LogP contribution is -2.32. The zero-order valence-electron chi connectivity index (χ0n) is 13.9. The maximum atomic E-state index is 11.9. The molecule has 0 fully saturated rings. The van der Waals surface area contributed by atoms with E-state index in [2.05, 4.69) is 10.6 Å². The van der Waals surface area contributed by atoms with Gasteiger partial charge in [-0.15, -0.1) is 0 Å². The zero-order chi connectivity index (χ0) is 19.8. The predicted octanol–water partition coefficient (Wildman–Crippen LogP) is 3.29. The van der Waals surface area contributed by atoms with Crippen molar-refractivity contribution >= 4 is 46.5 Å². The first-order valence-corrected chi connectivity index (χ1v) is 8.49. The molecule has 10 heteroatoms. The lowest BCUT2D eigenvalue weighted by Gasteiger charge is -2.09. The smallest absolute Gasteiger partial charge is 0.340 e. The minimum atomic E-state index is -0.748. The van der Waals surface area contributed by atoms with Gasteiger partial charge in [0.1, 0.15) is 0 Å². The Morgan fingerprint density at radius 2 is 1.78 bits per heavy atom. The Hall–Kier alpha value is -2.84. The lowest BCUT2D eigenvalue weighted by atomic mass is 10.2. The maximum Gasteiger partial charge on any atom is 0.340 e. The minimum absolute atomic E-state index is 0.00419. The lowest BCUT2D eigenvalue weighted by molar-refractivity contribution is -0.384. The van der Waals surface area contributed by atoms with Gasteiger partial charge in [0, 0.05) is 35.9 Å². The van der Waals surface area contributed by atoms with Crippen LogP contribution in [0.5, 0.6) is 0 Å². The molecule has 0 saturated carbocycles. The second kappa shape index (κ2) is 9.75. The van der Waals surface area contributed by atoms with E-state index in [1.807, 2.05) is 0 Å². The van der Waals surface area contributed by atoms with Gasteiger partial charge < -0.3 is 15.4 Å². The fourth-order valence-electron chi connectivity index (χ4n) is 2.02. The monoisotopic (exact) mass is 411 g/mol. The van der Waals surface area contributed by atoms with Crippen LogP contribution in [0.15, 0.2) is 42.5 Å². The summed E-state index contributed by atoms with van der Waals surface area (Å²) in [4.78, 5) is 33.7. The molecule has 8 nitrogen and oxygen atoms in total. The van der Waals surface area contributed by atoms with Crippen LogP contribution in [0.25, 0.3) is 0 Å². The van der Waals surface area contributed by atoms with Gasteiger partial charge in [-0.3, -0.25) is 14.9 Å². The topological polar surface area (TPSA) is 111 Å². The average molecular weight is 412 g/mol. The summed E-state index contributed by atoms with van der Waals surface area (Å²) in [5, 5.41) is 16.6. The number of anilines is 1. The summed E-state index contributed by atoms with van der Waals surface area (Å²) in [6, 6.07) is 10.2. The minimum Gasteiger partial charge on any atom is -0.452 e. The summed E-state index contributed by atoms with van der Waals surface area (Å²) in [6.45, 7) is 0.197. The van der Waals surface area contributed by atoms with Crippen molar-refractivity contribution in [1.82, 2.24) is 5.32 Å². The molecule has 2 N–H and O–H groups in total. The largest absolute Gasteiger partial charge is 0.452 e. The maximum absolute atomic E-state index is 11.9. The van der Waals surface area contributed by atoms with E-state index in [1.165, 1.54) is 30.3 Å². The molecule has 142 valence electrons. The number of rotatable bonds is 8. The molecule has 0 aliphatic rings. The molecule has 2 aromatic carbocycles. The summed E-state index contributed by atoms with van der Waals surface area (Å²) in [5.41, 5.74) is 0.754. The summed E-state index contributed by atoms with van der Waals surface area (Å²) < 4.78 is 4.90. The van der Waals surface area contributed by atoms with E-state index in [0.29, 0.717) is 17.3 Å². The summed E-state index contributed by atoms with van der Waals surface area (Å²) in [6.07, 6.45) is 0. The molecule has 1 amide bonds. The third kappa shape index (κ3) is 6.43. The van der Waals surface area contributed by atoms with Crippen LogP contribution in [0.3, 0.4) is 0 Å². The number of halogens is 2. The zero-order valence-corrected chi connectivity index (χ0v) is 15.4. The molecule has 0 aliphatic carbocycles. The predicted molar refractivity (Wildman–Crippen MR) is 101 cm³/mol. The molecule has 27 heavy (non-hydrogen) atoms. The van der Waals surface area contributed by atoms with Gasteiger partial charge in [0.2, 0.25) is 0 Å².